The van der Waals surface area contributed by atoms with Crippen molar-refractivity contribution in [3.8, 4) is 0 Å². The first-order valence-corrected chi connectivity index (χ1v) is 3.68. The van der Waals surface area contributed by atoms with E-state index in [9.17, 15) is 8.78 Å². The van der Waals surface area contributed by atoms with Crippen molar-refractivity contribution in [1.82, 2.24) is 9.97 Å². The number of nitrogens with zero attached hydrogens (tertiary/aromatic N) is 2. The lowest BCUT2D eigenvalue weighted by Gasteiger charge is -1.98. The molecular formula is C9H5F2N2. The Kier molecular flexibility index (Phi) is 1.69. The first-order chi connectivity index (χ1) is 6.18. The predicted molar refractivity (Wildman–Crippen MR) is 43.0 cm³/mol. The summed E-state index contributed by atoms with van der Waals surface area (Å²) in [6.45, 7) is 1.62. The fraction of sp³-hybridized carbons (Fsp3) is 0.111. The molecule has 0 spiro atoms. The molecule has 2 aromatic rings. The molecule has 0 bridgehead atoms. The summed E-state index contributed by atoms with van der Waals surface area (Å²) in [6, 6.07) is 2.40. The number of aryl methyl sites for hydroxylation is 1. The van der Waals surface area contributed by atoms with Crippen LogP contribution in [0.15, 0.2) is 12.1 Å². The number of hydrogen-bond donors (Lipinski definition) is 0. The van der Waals surface area contributed by atoms with Gasteiger partial charge in [0.25, 0.3) is 0 Å². The maximum Gasteiger partial charge on any atom is 0.186 e. The van der Waals surface area contributed by atoms with Crippen molar-refractivity contribution in [2.24, 2.45) is 0 Å². The predicted octanol–water partition coefficient (Wildman–Crippen LogP) is 2.02. The Bertz CT molecular complexity index is 463. The minimum absolute atomic E-state index is 0.0451. The van der Waals surface area contributed by atoms with E-state index in [1.165, 1.54) is 6.07 Å². The van der Waals surface area contributed by atoms with Gasteiger partial charge in [-0.1, -0.05) is 0 Å². The van der Waals surface area contributed by atoms with Crippen molar-refractivity contribution >= 4 is 11.0 Å². The van der Waals surface area contributed by atoms with Crippen LogP contribution in [0.25, 0.3) is 11.0 Å². The molecule has 1 aromatic carbocycles. The minimum Gasteiger partial charge on any atom is -0.246 e. The van der Waals surface area contributed by atoms with E-state index in [1.807, 2.05) is 0 Å². The number of halogens is 2. The maximum atomic E-state index is 13.1. The van der Waals surface area contributed by atoms with Crippen LogP contribution in [-0.2, 0) is 0 Å². The van der Waals surface area contributed by atoms with E-state index in [1.54, 1.807) is 6.92 Å². The molecule has 0 amide bonds. The third-order valence-electron chi connectivity index (χ3n) is 1.67. The minimum atomic E-state index is -0.956. The molecule has 0 aliphatic carbocycles. The first-order valence-electron chi connectivity index (χ1n) is 3.68. The van der Waals surface area contributed by atoms with Gasteiger partial charge in [0, 0.05) is 0 Å². The molecule has 1 radical (unpaired) electrons. The largest absolute Gasteiger partial charge is 0.246 e. The van der Waals surface area contributed by atoms with Crippen molar-refractivity contribution in [2.45, 2.75) is 6.92 Å². The fourth-order valence-corrected chi connectivity index (χ4v) is 1.06. The Morgan fingerprint density at radius 2 is 2.08 bits per heavy atom. The summed E-state index contributed by atoms with van der Waals surface area (Å²) in [7, 11) is 0. The molecule has 2 rings (SSSR count). The van der Waals surface area contributed by atoms with Gasteiger partial charge in [-0.3, -0.25) is 0 Å². The van der Waals surface area contributed by atoms with Crippen LogP contribution in [0.3, 0.4) is 0 Å². The highest BCUT2D eigenvalue weighted by Gasteiger charge is 2.08. The average Bonchev–Trinajstić information content (AvgIpc) is 2.12. The Labute approximate surface area is 73.2 Å². The highest BCUT2D eigenvalue weighted by Crippen LogP contribution is 2.16. The SMILES string of the molecule is Cc1[c]nc2ccc(F)c(F)c2n1. The number of rotatable bonds is 0. The van der Waals surface area contributed by atoms with Crippen LogP contribution < -0.4 is 0 Å². The molecule has 4 heteroatoms. The molecule has 0 aliphatic heterocycles. The summed E-state index contributed by atoms with van der Waals surface area (Å²) in [5.74, 6) is -1.87. The van der Waals surface area contributed by atoms with Crippen LogP contribution in [0.4, 0.5) is 8.78 Å². The molecular weight excluding hydrogens is 174 g/mol. The second-order valence-electron chi connectivity index (χ2n) is 2.65. The monoisotopic (exact) mass is 179 g/mol. The van der Waals surface area contributed by atoms with E-state index in [0.717, 1.165) is 6.07 Å². The standard InChI is InChI=1S/C9H5F2N2/c1-5-4-12-7-3-2-6(10)8(11)9(7)13-5/h2-3H,1H3. The molecule has 1 heterocycles. The second-order valence-corrected chi connectivity index (χ2v) is 2.65. The van der Waals surface area contributed by atoms with Crippen LogP contribution in [0, 0.1) is 24.8 Å². The molecule has 0 fully saturated rings. The van der Waals surface area contributed by atoms with Gasteiger partial charge in [-0.25, -0.2) is 18.7 Å². The molecule has 0 unspecified atom stereocenters. The Morgan fingerprint density at radius 1 is 1.31 bits per heavy atom. The second kappa shape index (κ2) is 2.73. The Hall–Kier alpha value is -1.58. The van der Waals surface area contributed by atoms with Gasteiger partial charge < -0.3 is 0 Å². The van der Waals surface area contributed by atoms with Crippen LogP contribution in [0.5, 0.6) is 0 Å². The van der Waals surface area contributed by atoms with Crippen molar-refractivity contribution in [2.75, 3.05) is 0 Å². The molecule has 1 aromatic heterocycles. The van der Waals surface area contributed by atoms with Gasteiger partial charge in [0.2, 0.25) is 0 Å². The molecule has 13 heavy (non-hydrogen) atoms. The van der Waals surface area contributed by atoms with Crippen molar-refractivity contribution in [3.05, 3.63) is 35.7 Å². The van der Waals surface area contributed by atoms with E-state index in [-0.39, 0.29) is 5.52 Å². The maximum absolute atomic E-state index is 13.1. The Balaban J connectivity index is 2.89. The van der Waals surface area contributed by atoms with E-state index < -0.39 is 11.6 Å². The van der Waals surface area contributed by atoms with Crippen LogP contribution in [0.2, 0.25) is 0 Å². The number of hydrogen-bond acceptors (Lipinski definition) is 2. The normalized spacial score (nSPS) is 10.7. The fourth-order valence-electron chi connectivity index (χ4n) is 1.06. The van der Waals surface area contributed by atoms with Crippen LogP contribution in [-0.4, -0.2) is 9.97 Å². The summed E-state index contributed by atoms with van der Waals surface area (Å²) >= 11 is 0. The van der Waals surface area contributed by atoms with Gasteiger partial charge >= 0.3 is 0 Å². The zero-order valence-corrected chi connectivity index (χ0v) is 6.81. The smallest absolute Gasteiger partial charge is 0.186 e. The molecule has 0 saturated carbocycles. The summed E-state index contributed by atoms with van der Waals surface area (Å²) in [4.78, 5) is 7.59. The van der Waals surface area contributed by atoms with Crippen molar-refractivity contribution in [1.29, 1.82) is 0 Å². The topological polar surface area (TPSA) is 25.8 Å². The highest BCUT2D eigenvalue weighted by atomic mass is 19.2. The van der Waals surface area contributed by atoms with E-state index in [4.69, 9.17) is 0 Å². The van der Waals surface area contributed by atoms with E-state index in [0.29, 0.717) is 11.2 Å². The van der Waals surface area contributed by atoms with Gasteiger partial charge in [-0.15, -0.1) is 0 Å². The van der Waals surface area contributed by atoms with Crippen molar-refractivity contribution < 1.29 is 8.78 Å². The Morgan fingerprint density at radius 3 is 2.85 bits per heavy atom. The molecule has 0 atom stereocenters. The van der Waals surface area contributed by atoms with Crippen molar-refractivity contribution in [3.63, 3.8) is 0 Å². The van der Waals surface area contributed by atoms with E-state index >= 15 is 0 Å². The number of aromatic nitrogens is 2. The summed E-state index contributed by atoms with van der Waals surface area (Å²) in [5, 5.41) is 0. The summed E-state index contributed by atoms with van der Waals surface area (Å²) < 4.78 is 25.8. The lowest BCUT2D eigenvalue weighted by molar-refractivity contribution is 0.515. The van der Waals surface area contributed by atoms with Gasteiger partial charge in [-0.05, 0) is 19.1 Å². The zero-order valence-electron chi connectivity index (χ0n) is 6.81. The average molecular weight is 179 g/mol. The third-order valence-corrected chi connectivity index (χ3v) is 1.67. The highest BCUT2D eigenvalue weighted by molar-refractivity contribution is 5.74. The molecule has 65 valence electrons. The number of fused-ring (bicyclic) bond motifs is 1. The lowest BCUT2D eigenvalue weighted by atomic mass is 10.2. The van der Waals surface area contributed by atoms with Gasteiger partial charge in [0.15, 0.2) is 11.6 Å². The first kappa shape index (κ1) is 8.04. The van der Waals surface area contributed by atoms with Crippen LogP contribution >= 0.6 is 0 Å². The summed E-state index contributed by atoms with van der Waals surface area (Å²) in [6.07, 6.45) is 2.57. The van der Waals surface area contributed by atoms with Gasteiger partial charge in [0.1, 0.15) is 11.7 Å². The zero-order chi connectivity index (χ0) is 9.42. The van der Waals surface area contributed by atoms with Gasteiger partial charge in [0.05, 0.1) is 11.2 Å². The lowest BCUT2D eigenvalue weighted by Crippen LogP contribution is -1.93. The van der Waals surface area contributed by atoms with Gasteiger partial charge in [-0.2, -0.15) is 0 Å². The summed E-state index contributed by atoms with van der Waals surface area (Å²) in [5.41, 5.74) is 0.706. The molecule has 0 aliphatic rings. The molecule has 2 nitrogen and oxygen atoms in total. The molecule has 0 N–H and O–H groups in total. The molecule has 0 saturated heterocycles. The quantitative estimate of drug-likeness (QED) is 0.618. The third kappa shape index (κ3) is 1.24. The van der Waals surface area contributed by atoms with E-state index in [2.05, 4.69) is 16.2 Å². The van der Waals surface area contributed by atoms with Crippen LogP contribution in [0.1, 0.15) is 5.69 Å². The number of benzene rings is 1.